The van der Waals surface area contributed by atoms with Gasteiger partial charge in [-0.3, -0.25) is 10.2 Å². The Balaban J connectivity index is 1.32. The fourth-order valence-electron chi connectivity index (χ4n) is 3.39. The standard InChI is InChI=1S/C26H21N3O6/c27-24(28)19-6-5-18-13-20(8-7-17(18)12-19)35-26(33)22-10-9-21(34-22)14-29-23(30)11-15-1-3-16(4-2-15)25(31)32/h1-10,12-13H,11,14H2,(H3,27,28)(H,29,30)(H,31,32). The van der Waals surface area contributed by atoms with Crippen LogP contribution in [0.5, 0.6) is 5.75 Å². The summed E-state index contributed by atoms with van der Waals surface area (Å²) < 4.78 is 10.9. The number of nitrogens with one attached hydrogen (secondary N) is 2. The number of amides is 1. The maximum Gasteiger partial charge on any atom is 0.379 e. The largest absolute Gasteiger partial charge is 0.478 e. The van der Waals surface area contributed by atoms with E-state index >= 15 is 0 Å². The molecule has 0 spiro atoms. The maximum atomic E-state index is 12.5. The van der Waals surface area contributed by atoms with Crippen molar-refractivity contribution in [3.8, 4) is 5.75 Å². The first-order chi connectivity index (χ1) is 16.8. The molecule has 0 aliphatic rings. The third kappa shape index (κ3) is 5.72. The molecular formula is C26H21N3O6. The molecule has 4 rings (SSSR count). The van der Waals surface area contributed by atoms with Crippen molar-refractivity contribution in [1.82, 2.24) is 5.32 Å². The summed E-state index contributed by atoms with van der Waals surface area (Å²) in [5.41, 5.74) is 6.94. The molecule has 0 bridgehead atoms. The number of carbonyl (C=O) groups is 3. The minimum Gasteiger partial charge on any atom is -0.478 e. The summed E-state index contributed by atoms with van der Waals surface area (Å²) in [4.78, 5) is 35.5. The van der Waals surface area contributed by atoms with Crippen LogP contribution in [-0.4, -0.2) is 28.8 Å². The number of hydrogen-bond donors (Lipinski definition) is 4. The molecule has 4 aromatic rings. The fourth-order valence-corrected chi connectivity index (χ4v) is 3.39. The Hall–Kier alpha value is -4.92. The molecule has 1 amide bonds. The topological polar surface area (TPSA) is 156 Å². The number of hydrogen-bond acceptors (Lipinski definition) is 6. The number of benzene rings is 3. The van der Waals surface area contributed by atoms with Crippen LogP contribution >= 0.6 is 0 Å². The lowest BCUT2D eigenvalue weighted by Crippen LogP contribution is -2.24. The monoisotopic (exact) mass is 471 g/mol. The van der Waals surface area contributed by atoms with Crippen LogP contribution in [0.15, 0.2) is 77.2 Å². The van der Waals surface area contributed by atoms with Crippen molar-refractivity contribution in [2.75, 3.05) is 0 Å². The van der Waals surface area contributed by atoms with Crippen LogP contribution in [0.4, 0.5) is 0 Å². The van der Waals surface area contributed by atoms with Crippen LogP contribution in [-0.2, 0) is 17.8 Å². The van der Waals surface area contributed by atoms with E-state index in [0.29, 0.717) is 22.6 Å². The van der Waals surface area contributed by atoms with Crippen molar-refractivity contribution in [1.29, 1.82) is 5.41 Å². The molecule has 0 atom stereocenters. The molecule has 0 radical (unpaired) electrons. The van der Waals surface area contributed by atoms with Gasteiger partial charge >= 0.3 is 11.9 Å². The first-order valence-electron chi connectivity index (χ1n) is 10.6. The third-order valence-corrected chi connectivity index (χ3v) is 5.22. The van der Waals surface area contributed by atoms with E-state index in [4.69, 9.17) is 25.4 Å². The number of rotatable bonds is 8. The van der Waals surface area contributed by atoms with Crippen molar-refractivity contribution in [2.24, 2.45) is 5.73 Å². The average molecular weight is 471 g/mol. The zero-order valence-corrected chi connectivity index (χ0v) is 18.4. The molecule has 0 aliphatic heterocycles. The van der Waals surface area contributed by atoms with Gasteiger partial charge in [-0.2, -0.15) is 0 Å². The first-order valence-corrected chi connectivity index (χ1v) is 10.6. The summed E-state index contributed by atoms with van der Waals surface area (Å²) in [7, 11) is 0. The van der Waals surface area contributed by atoms with Gasteiger partial charge in [0, 0.05) is 5.56 Å². The molecule has 0 fully saturated rings. The van der Waals surface area contributed by atoms with E-state index in [1.165, 1.54) is 18.2 Å². The molecule has 5 N–H and O–H groups in total. The van der Waals surface area contributed by atoms with Crippen molar-refractivity contribution in [2.45, 2.75) is 13.0 Å². The van der Waals surface area contributed by atoms with E-state index in [1.54, 1.807) is 54.6 Å². The van der Waals surface area contributed by atoms with Gasteiger partial charge in [-0.1, -0.05) is 30.3 Å². The van der Waals surface area contributed by atoms with Crippen LogP contribution < -0.4 is 15.8 Å². The van der Waals surface area contributed by atoms with Crippen molar-refractivity contribution in [3.05, 3.63) is 101 Å². The van der Waals surface area contributed by atoms with Crippen molar-refractivity contribution < 1.29 is 28.6 Å². The van der Waals surface area contributed by atoms with E-state index in [9.17, 15) is 14.4 Å². The Morgan fingerprint density at radius 3 is 2.31 bits per heavy atom. The van der Waals surface area contributed by atoms with E-state index in [0.717, 1.165) is 10.8 Å². The Bertz CT molecular complexity index is 1440. The highest BCUT2D eigenvalue weighted by atomic mass is 16.5. The van der Waals surface area contributed by atoms with Gasteiger partial charge in [-0.15, -0.1) is 0 Å². The molecule has 9 heteroatoms. The van der Waals surface area contributed by atoms with Gasteiger partial charge in [0.2, 0.25) is 11.7 Å². The first kappa shape index (κ1) is 23.2. The molecule has 1 heterocycles. The van der Waals surface area contributed by atoms with Gasteiger partial charge in [0.1, 0.15) is 17.3 Å². The third-order valence-electron chi connectivity index (χ3n) is 5.22. The molecule has 0 unspecified atom stereocenters. The molecule has 176 valence electrons. The lowest BCUT2D eigenvalue weighted by atomic mass is 10.1. The Morgan fingerprint density at radius 1 is 0.914 bits per heavy atom. The minimum absolute atomic E-state index is 0.00877. The van der Waals surface area contributed by atoms with Crippen LogP contribution in [0.1, 0.15) is 37.8 Å². The summed E-state index contributed by atoms with van der Waals surface area (Å²) in [5, 5.41) is 20.8. The molecule has 35 heavy (non-hydrogen) atoms. The van der Waals surface area contributed by atoms with E-state index in [2.05, 4.69) is 5.32 Å². The summed E-state index contributed by atoms with van der Waals surface area (Å²) in [6.07, 6.45) is 0.0748. The molecule has 3 aromatic carbocycles. The molecule has 9 nitrogen and oxygen atoms in total. The Kier molecular flexibility index (Phi) is 6.59. The number of fused-ring (bicyclic) bond motifs is 1. The van der Waals surface area contributed by atoms with Crippen LogP contribution in [0.3, 0.4) is 0 Å². The SMILES string of the molecule is N=C(N)c1ccc2cc(OC(=O)c3ccc(CNC(=O)Cc4ccc(C(=O)O)cc4)o3)ccc2c1. The quantitative estimate of drug-likeness (QED) is 0.133. The van der Waals surface area contributed by atoms with E-state index < -0.39 is 11.9 Å². The predicted octanol–water partition coefficient (Wildman–Crippen LogP) is 3.49. The van der Waals surface area contributed by atoms with Gasteiger partial charge in [-0.25, -0.2) is 9.59 Å². The maximum absolute atomic E-state index is 12.5. The fraction of sp³-hybridized carbons (Fsp3) is 0.0769. The summed E-state index contributed by atoms with van der Waals surface area (Å²) in [5.74, 6) is -1.32. The van der Waals surface area contributed by atoms with Gasteiger partial charge in [-0.05, 0) is 58.8 Å². The lowest BCUT2D eigenvalue weighted by molar-refractivity contribution is -0.120. The van der Waals surface area contributed by atoms with Gasteiger partial charge < -0.3 is 25.3 Å². The number of furan rings is 1. The van der Waals surface area contributed by atoms with Gasteiger partial charge in [0.15, 0.2) is 0 Å². The molecule has 0 saturated heterocycles. The van der Waals surface area contributed by atoms with E-state index in [1.807, 2.05) is 0 Å². The second kappa shape index (κ2) is 9.92. The van der Waals surface area contributed by atoms with Crippen LogP contribution in [0, 0.1) is 5.41 Å². The van der Waals surface area contributed by atoms with Crippen LogP contribution in [0.2, 0.25) is 0 Å². The molecule has 1 aromatic heterocycles. The van der Waals surface area contributed by atoms with Crippen molar-refractivity contribution >= 4 is 34.5 Å². The summed E-state index contributed by atoms with van der Waals surface area (Å²) in [6.45, 7) is 0.0772. The summed E-state index contributed by atoms with van der Waals surface area (Å²) in [6, 6.07) is 19.5. The highest BCUT2D eigenvalue weighted by Crippen LogP contribution is 2.23. The van der Waals surface area contributed by atoms with Gasteiger partial charge in [0.25, 0.3) is 0 Å². The molecule has 0 saturated carbocycles. The Morgan fingerprint density at radius 2 is 1.60 bits per heavy atom. The number of nitrogen functional groups attached to an aromatic ring is 1. The number of amidine groups is 1. The highest BCUT2D eigenvalue weighted by molar-refractivity contribution is 5.99. The lowest BCUT2D eigenvalue weighted by Gasteiger charge is -2.06. The van der Waals surface area contributed by atoms with Crippen LogP contribution in [0.25, 0.3) is 10.8 Å². The average Bonchev–Trinajstić information content (AvgIpc) is 3.32. The number of ether oxygens (including phenoxy) is 1. The number of carboxylic acids is 1. The number of carbonyl (C=O) groups excluding carboxylic acids is 2. The Labute approximate surface area is 199 Å². The molecule has 0 aliphatic carbocycles. The minimum atomic E-state index is -1.03. The summed E-state index contributed by atoms with van der Waals surface area (Å²) >= 11 is 0. The number of esters is 1. The number of nitrogens with two attached hydrogens (primary N) is 1. The predicted molar refractivity (Wildman–Crippen MR) is 128 cm³/mol. The second-order valence-corrected chi connectivity index (χ2v) is 7.75. The molecular weight excluding hydrogens is 450 g/mol. The normalized spacial score (nSPS) is 10.6. The van der Waals surface area contributed by atoms with E-state index in [-0.39, 0.29) is 36.0 Å². The van der Waals surface area contributed by atoms with Crippen molar-refractivity contribution in [3.63, 3.8) is 0 Å². The number of aromatic carboxylic acids is 1. The second-order valence-electron chi connectivity index (χ2n) is 7.75. The van der Waals surface area contributed by atoms with Gasteiger partial charge in [0.05, 0.1) is 18.5 Å². The highest BCUT2D eigenvalue weighted by Gasteiger charge is 2.15. The zero-order valence-electron chi connectivity index (χ0n) is 18.4. The smallest absolute Gasteiger partial charge is 0.379 e. The zero-order chi connectivity index (χ0) is 24.9. The number of carboxylic acid groups (broad SMARTS) is 1.